The molecule has 0 fully saturated rings. The van der Waals surface area contributed by atoms with Gasteiger partial charge in [0, 0.05) is 7.11 Å². The van der Waals surface area contributed by atoms with Crippen LogP contribution in [0.4, 0.5) is 0 Å². The van der Waals surface area contributed by atoms with Crippen molar-refractivity contribution in [2.75, 3.05) is 7.11 Å². The molecule has 0 saturated heterocycles. The zero-order valence-electron chi connectivity index (χ0n) is 10.2. The Morgan fingerprint density at radius 3 is 1.87 bits per heavy atom. The first-order valence-electron chi connectivity index (χ1n) is 5.18. The lowest BCUT2D eigenvalue weighted by atomic mass is 10.4. The van der Waals surface area contributed by atoms with Gasteiger partial charge < -0.3 is 8.54 Å². The van der Waals surface area contributed by atoms with Crippen LogP contribution in [0, 0.1) is 0 Å². The van der Waals surface area contributed by atoms with Gasteiger partial charge in [0.05, 0.1) is 0 Å². The summed E-state index contributed by atoms with van der Waals surface area (Å²) in [7, 11) is -1.98. The van der Waals surface area contributed by atoms with Gasteiger partial charge >= 0.3 is 8.56 Å². The maximum absolute atomic E-state index is 6.22. The molecule has 0 bridgehead atoms. The second-order valence-corrected chi connectivity index (χ2v) is 12.6. The maximum Gasteiger partial charge on any atom is 0.358 e. The Bertz CT molecular complexity index is 308. The van der Waals surface area contributed by atoms with Crippen LogP contribution in [-0.4, -0.2) is 24.0 Å². The molecule has 0 aromatic heterocycles. The molecule has 1 aromatic rings. The van der Waals surface area contributed by atoms with Gasteiger partial charge in [0.2, 0.25) is 0 Å². The van der Waals surface area contributed by atoms with Crippen molar-refractivity contribution in [1.82, 2.24) is 0 Å². The highest BCUT2D eigenvalue weighted by atomic mass is 28.4. The fourth-order valence-corrected chi connectivity index (χ4v) is 8.06. The molecule has 1 unspecified atom stereocenters. The Kier molecular flexibility index (Phi) is 3.89. The molecule has 2 nitrogen and oxygen atoms in total. The Hall–Kier alpha value is -0.426. The zero-order valence-corrected chi connectivity index (χ0v) is 12.2. The predicted octanol–water partition coefficient (Wildman–Crippen LogP) is 2.46. The molecule has 4 heteroatoms. The Morgan fingerprint density at radius 1 is 0.933 bits per heavy atom. The predicted molar refractivity (Wildman–Crippen MR) is 69.1 cm³/mol. The third-order valence-corrected chi connectivity index (χ3v) is 8.36. The van der Waals surface area contributed by atoms with E-state index >= 15 is 0 Å². The summed E-state index contributed by atoms with van der Waals surface area (Å²) < 4.78 is 11.9. The topological polar surface area (TPSA) is 18.5 Å². The summed E-state index contributed by atoms with van der Waals surface area (Å²) in [6, 6.07) is 10.3. The van der Waals surface area contributed by atoms with Crippen molar-refractivity contribution in [1.29, 1.82) is 0 Å². The van der Waals surface area contributed by atoms with Gasteiger partial charge in [-0.1, -0.05) is 30.3 Å². The quantitative estimate of drug-likeness (QED) is 0.753. The fourth-order valence-electron chi connectivity index (χ4n) is 1.54. The average molecular weight is 240 g/mol. The summed E-state index contributed by atoms with van der Waals surface area (Å²) in [6.45, 7) is 8.70. The SMILES string of the molecule is CO[Si](C)(O[Si](C)(C)C)c1ccccc1. The van der Waals surface area contributed by atoms with Crippen molar-refractivity contribution in [2.45, 2.75) is 26.2 Å². The molecule has 0 aliphatic rings. The van der Waals surface area contributed by atoms with Crippen molar-refractivity contribution in [3.63, 3.8) is 0 Å². The van der Waals surface area contributed by atoms with Gasteiger partial charge in [-0.15, -0.1) is 0 Å². The van der Waals surface area contributed by atoms with E-state index in [0.29, 0.717) is 0 Å². The van der Waals surface area contributed by atoms with Gasteiger partial charge in [-0.25, -0.2) is 0 Å². The van der Waals surface area contributed by atoms with E-state index in [2.05, 4.69) is 38.3 Å². The summed E-state index contributed by atoms with van der Waals surface area (Å²) in [5, 5.41) is 1.20. The Labute approximate surface area is 94.6 Å². The second-order valence-electron chi connectivity index (χ2n) is 4.73. The van der Waals surface area contributed by atoms with E-state index in [1.807, 2.05) is 18.2 Å². The van der Waals surface area contributed by atoms with Crippen molar-refractivity contribution in [3.05, 3.63) is 30.3 Å². The zero-order chi connectivity index (χ0) is 11.5. The normalized spacial score (nSPS) is 16.1. The molecule has 1 rings (SSSR count). The van der Waals surface area contributed by atoms with Gasteiger partial charge in [0.25, 0.3) is 0 Å². The first kappa shape index (κ1) is 12.6. The largest absolute Gasteiger partial charge is 0.433 e. The molecule has 1 aromatic carbocycles. The molecular weight excluding hydrogens is 220 g/mol. The van der Waals surface area contributed by atoms with Crippen LogP contribution in [0.25, 0.3) is 0 Å². The molecule has 15 heavy (non-hydrogen) atoms. The Balaban J connectivity index is 2.96. The summed E-state index contributed by atoms with van der Waals surface area (Å²) in [5.41, 5.74) is 0. The van der Waals surface area contributed by atoms with Gasteiger partial charge in [0.1, 0.15) is 0 Å². The molecule has 0 saturated carbocycles. The summed E-state index contributed by atoms with van der Waals surface area (Å²) in [6.07, 6.45) is 0. The Morgan fingerprint density at radius 2 is 1.47 bits per heavy atom. The van der Waals surface area contributed by atoms with Gasteiger partial charge in [0.15, 0.2) is 8.32 Å². The molecule has 0 spiro atoms. The van der Waals surface area contributed by atoms with Crippen LogP contribution < -0.4 is 5.19 Å². The monoisotopic (exact) mass is 240 g/mol. The molecule has 0 radical (unpaired) electrons. The highest BCUT2D eigenvalue weighted by molar-refractivity contribution is 6.88. The van der Waals surface area contributed by atoms with Crippen LogP contribution >= 0.6 is 0 Å². The van der Waals surface area contributed by atoms with Crippen LogP contribution in [0.1, 0.15) is 0 Å². The van der Waals surface area contributed by atoms with E-state index in [-0.39, 0.29) is 0 Å². The average Bonchev–Trinajstić information content (AvgIpc) is 2.16. The minimum absolute atomic E-state index is 1.20. The van der Waals surface area contributed by atoms with E-state index in [0.717, 1.165) is 0 Å². The van der Waals surface area contributed by atoms with Gasteiger partial charge in [-0.05, 0) is 31.4 Å². The van der Waals surface area contributed by atoms with Crippen LogP contribution in [-0.2, 0) is 8.54 Å². The van der Waals surface area contributed by atoms with E-state index < -0.39 is 16.9 Å². The van der Waals surface area contributed by atoms with E-state index in [1.165, 1.54) is 5.19 Å². The lowest BCUT2D eigenvalue weighted by molar-refractivity contribution is 0.319. The molecule has 0 aliphatic carbocycles. The summed E-state index contributed by atoms with van der Waals surface area (Å²) in [4.78, 5) is 0. The van der Waals surface area contributed by atoms with Crippen molar-refractivity contribution >= 4 is 22.1 Å². The number of hydrogen-bond donors (Lipinski definition) is 0. The molecular formula is C11H20O2Si2. The molecule has 1 atom stereocenters. The molecule has 0 amide bonds. The summed E-state index contributed by atoms with van der Waals surface area (Å²) >= 11 is 0. The van der Waals surface area contributed by atoms with E-state index in [4.69, 9.17) is 8.54 Å². The van der Waals surface area contributed by atoms with Crippen LogP contribution in [0.5, 0.6) is 0 Å². The van der Waals surface area contributed by atoms with Gasteiger partial charge in [-0.3, -0.25) is 0 Å². The first-order chi connectivity index (χ1) is 6.87. The molecule has 0 aliphatic heterocycles. The second kappa shape index (κ2) is 4.61. The molecule has 84 valence electrons. The van der Waals surface area contributed by atoms with Crippen molar-refractivity contribution < 1.29 is 8.54 Å². The van der Waals surface area contributed by atoms with E-state index in [1.54, 1.807) is 7.11 Å². The third kappa shape index (κ3) is 3.57. The number of benzene rings is 1. The minimum atomic E-state index is -2.17. The van der Waals surface area contributed by atoms with E-state index in [9.17, 15) is 0 Å². The lowest BCUT2D eigenvalue weighted by Crippen LogP contribution is -2.55. The highest BCUT2D eigenvalue weighted by Gasteiger charge is 2.37. The highest BCUT2D eigenvalue weighted by Crippen LogP contribution is 2.14. The number of rotatable bonds is 4. The van der Waals surface area contributed by atoms with Crippen LogP contribution in [0.2, 0.25) is 26.2 Å². The molecule has 0 N–H and O–H groups in total. The first-order valence-corrected chi connectivity index (χ1v) is 10.9. The number of hydrogen-bond acceptors (Lipinski definition) is 2. The van der Waals surface area contributed by atoms with Gasteiger partial charge in [-0.2, -0.15) is 0 Å². The summed E-state index contributed by atoms with van der Waals surface area (Å²) in [5.74, 6) is 0. The maximum atomic E-state index is 6.22. The fraction of sp³-hybridized carbons (Fsp3) is 0.455. The van der Waals surface area contributed by atoms with Crippen molar-refractivity contribution in [2.24, 2.45) is 0 Å². The lowest BCUT2D eigenvalue weighted by Gasteiger charge is -2.32. The smallest absolute Gasteiger partial charge is 0.358 e. The van der Waals surface area contributed by atoms with Crippen LogP contribution in [0.15, 0.2) is 30.3 Å². The molecule has 0 heterocycles. The minimum Gasteiger partial charge on any atom is -0.433 e. The third-order valence-electron chi connectivity index (χ3n) is 2.19. The van der Waals surface area contributed by atoms with Crippen molar-refractivity contribution in [3.8, 4) is 0 Å². The van der Waals surface area contributed by atoms with Crippen LogP contribution in [0.3, 0.4) is 0 Å². The standard InChI is InChI=1S/C11H20O2Si2/c1-12-15(5,13-14(2,3)4)11-9-7-6-8-10-11/h6-10H,1-5H3.